The molecule has 3 rings (SSSR count). The molecule has 0 unspecified atom stereocenters. The van der Waals surface area contributed by atoms with Crippen molar-refractivity contribution in [1.82, 2.24) is 24.7 Å². The highest BCUT2D eigenvalue weighted by atomic mass is 35.5. The van der Waals surface area contributed by atoms with Crippen molar-refractivity contribution >= 4 is 17.8 Å². The van der Waals surface area contributed by atoms with Gasteiger partial charge >= 0.3 is 0 Å². The second kappa shape index (κ2) is 5.49. The van der Waals surface area contributed by atoms with Gasteiger partial charge < -0.3 is 0 Å². The summed E-state index contributed by atoms with van der Waals surface area (Å²) in [6.45, 7) is 3.72. The lowest BCUT2D eigenvalue weighted by atomic mass is 10.3. The van der Waals surface area contributed by atoms with Crippen LogP contribution < -0.4 is 0 Å². The number of halogens is 1. The summed E-state index contributed by atoms with van der Waals surface area (Å²) in [4.78, 5) is 0. The summed E-state index contributed by atoms with van der Waals surface area (Å²) in [6.07, 6.45) is 3.21. The lowest BCUT2D eigenvalue weighted by Crippen LogP contribution is -1.96. The Hall–Kier alpha value is -2.47. The van der Waals surface area contributed by atoms with E-state index in [0.29, 0.717) is 11.0 Å². The van der Waals surface area contributed by atoms with Crippen LogP contribution in [0.4, 0.5) is 0 Å². The topological polar surface area (TPSA) is 60.9 Å². The van der Waals surface area contributed by atoms with Gasteiger partial charge in [0.15, 0.2) is 5.82 Å². The predicted octanol–water partition coefficient (Wildman–Crippen LogP) is 2.62. The van der Waals surface area contributed by atoms with Crippen molar-refractivity contribution < 1.29 is 0 Å². The first-order chi connectivity index (χ1) is 10.2. The zero-order valence-corrected chi connectivity index (χ0v) is 12.4. The van der Waals surface area contributed by atoms with Crippen LogP contribution in [0.15, 0.2) is 41.8 Å². The van der Waals surface area contributed by atoms with Crippen molar-refractivity contribution in [2.24, 2.45) is 5.10 Å². The molecule has 106 valence electrons. The molecule has 0 aliphatic heterocycles. The predicted molar refractivity (Wildman–Crippen MR) is 81.1 cm³/mol. The summed E-state index contributed by atoms with van der Waals surface area (Å²) in [7, 11) is 0. The lowest BCUT2D eigenvalue weighted by Gasteiger charge is -2.01. The number of hydrogen-bond donors (Lipinski definition) is 0. The van der Waals surface area contributed by atoms with E-state index in [9.17, 15) is 0 Å². The molecule has 7 heteroatoms. The minimum absolute atomic E-state index is 0.521. The molecule has 2 heterocycles. The van der Waals surface area contributed by atoms with Crippen molar-refractivity contribution in [3.8, 4) is 5.69 Å². The second-order valence-corrected chi connectivity index (χ2v) is 4.86. The molecule has 0 saturated carbocycles. The summed E-state index contributed by atoms with van der Waals surface area (Å²) in [5.41, 5.74) is 2.48. The van der Waals surface area contributed by atoms with Crippen LogP contribution in [0.3, 0.4) is 0 Å². The van der Waals surface area contributed by atoms with Gasteiger partial charge in [-0.05, 0) is 26.0 Å². The lowest BCUT2D eigenvalue weighted by molar-refractivity contribution is 0.832. The van der Waals surface area contributed by atoms with E-state index >= 15 is 0 Å². The Kier molecular flexibility index (Phi) is 3.53. The Morgan fingerprint density at radius 1 is 1.19 bits per heavy atom. The summed E-state index contributed by atoms with van der Waals surface area (Å²) < 4.78 is 3.27. The molecule has 0 amide bonds. The summed E-state index contributed by atoms with van der Waals surface area (Å²) in [6, 6.07) is 9.73. The molecule has 0 fully saturated rings. The quantitative estimate of drug-likeness (QED) is 0.699. The minimum Gasteiger partial charge on any atom is -0.221 e. The molecule has 0 N–H and O–H groups in total. The second-order valence-electron chi connectivity index (χ2n) is 4.50. The highest BCUT2D eigenvalue weighted by Crippen LogP contribution is 2.21. The molecule has 21 heavy (non-hydrogen) atoms. The third-order valence-corrected chi connectivity index (χ3v) is 3.42. The van der Waals surface area contributed by atoms with E-state index < -0.39 is 0 Å². The average molecular weight is 301 g/mol. The molecule has 0 spiro atoms. The Balaban J connectivity index is 1.99. The van der Waals surface area contributed by atoms with Gasteiger partial charge in [0, 0.05) is 0 Å². The van der Waals surface area contributed by atoms with Gasteiger partial charge in [0.25, 0.3) is 0 Å². The number of rotatable bonds is 3. The van der Waals surface area contributed by atoms with Crippen LogP contribution >= 0.6 is 11.6 Å². The van der Waals surface area contributed by atoms with Crippen molar-refractivity contribution in [3.05, 3.63) is 58.9 Å². The first-order valence-corrected chi connectivity index (χ1v) is 6.76. The fourth-order valence-corrected chi connectivity index (χ4v) is 2.24. The molecule has 0 aliphatic rings. The van der Waals surface area contributed by atoms with Gasteiger partial charge in [-0.3, -0.25) is 0 Å². The fourth-order valence-electron chi connectivity index (χ4n) is 1.92. The highest BCUT2D eigenvalue weighted by Gasteiger charge is 2.13. The van der Waals surface area contributed by atoms with E-state index in [-0.39, 0.29) is 0 Å². The Morgan fingerprint density at radius 3 is 2.62 bits per heavy atom. The smallest absolute Gasteiger partial charge is 0.151 e. The van der Waals surface area contributed by atoms with Gasteiger partial charge in [0.1, 0.15) is 11.5 Å². The Labute approximate surface area is 126 Å². The largest absolute Gasteiger partial charge is 0.221 e. The van der Waals surface area contributed by atoms with Crippen molar-refractivity contribution in [2.75, 3.05) is 0 Å². The van der Waals surface area contributed by atoms with Crippen molar-refractivity contribution in [1.29, 1.82) is 0 Å². The zero-order valence-electron chi connectivity index (χ0n) is 11.6. The number of aromatic nitrogens is 5. The molecule has 0 saturated heterocycles. The van der Waals surface area contributed by atoms with Crippen LogP contribution in [-0.2, 0) is 0 Å². The van der Waals surface area contributed by atoms with E-state index in [4.69, 9.17) is 11.6 Å². The standard InChI is InChI=1S/C14H13ClN6/c1-10-13(8-17-20-9-16-18-11(20)2)14(15)21(19-10)12-6-4-3-5-7-12/h3-9H,1-2H3/b17-8+. The molecule has 3 aromatic rings. The third-order valence-electron chi connectivity index (χ3n) is 3.06. The van der Waals surface area contributed by atoms with E-state index in [1.54, 1.807) is 15.6 Å². The minimum atomic E-state index is 0.521. The van der Waals surface area contributed by atoms with Gasteiger partial charge in [-0.25, -0.2) is 9.36 Å². The molecule has 0 atom stereocenters. The van der Waals surface area contributed by atoms with E-state index in [1.165, 1.54) is 6.33 Å². The van der Waals surface area contributed by atoms with E-state index in [1.807, 2.05) is 44.2 Å². The number of nitrogens with zero attached hydrogens (tertiary/aromatic N) is 6. The monoisotopic (exact) mass is 300 g/mol. The van der Waals surface area contributed by atoms with Crippen LogP contribution in [0.1, 0.15) is 17.1 Å². The first-order valence-electron chi connectivity index (χ1n) is 6.38. The van der Waals surface area contributed by atoms with Crippen molar-refractivity contribution in [3.63, 3.8) is 0 Å². The Bertz CT molecular complexity index is 787. The van der Waals surface area contributed by atoms with Gasteiger partial charge in [-0.2, -0.15) is 10.2 Å². The third kappa shape index (κ3) is 2.57. The summed E-state index contributed by atoms with van der Waals surface area (Å²) in [5, 5.41) is 16.9. The van der Waals surface area contributed by atoms with Crippen LogP contribution in [0.5, 0.6) is 0 Å². The van der Waals surface area contributed by atoms with Crippen molar-refractivity contribution in [2.45, 2.75) is 13.8 Å². The number of hydrogen-bond acceptors (Lipinski definition) is 4. The fraction of sp³-hybridized carbons (Fsp3) is 0.143. The molecular weight excluding hydrogens is 288 g/mol. The van der Waals surface area contributed by atoms with Crippen LogP contribution in [0, 0.1) is 13.8 Å². The van der Waals surface area contributed by atoms with Crippen LogP contribution in [0.2, 0.25) is 5.15 Å². The maximum Gasteiger partial charge on any atom is 0.151 e. The van der Waals surface area contributed by atoms with Gasteiger partial charge in [0.05, 0.1) is 23.2 Å². The first kappa shape index (κ1) is 13.5. The maximum absolute atomic E-state index is 6.41. The number of para-hydroxylation sites is 1. The summed E-state index contributed by atoms with van der Waals surface area (Å²) in [5.74, 6) is 0.704. The van der Waals surface area contributed by atoms with Crippen LogP contribution in [0.25, 0.3) is 5.69 Å². The molecule has 0 aliphatic carbocycles. The van der Waals surface area contributed by atoms with Gasteiger partial charge in [0.2, 0.25) is 0 Å². The maximum atomic E-state index is 6.41. The Morgan fingerprint density at radius 2 is 1.95 bits per heavy atom. The number of benzene rings is 1. The molecular formula is C14H13ClN6. The van der Waals surface area contributed by atoms with Crippen LogP contribution in [-0.4, -0.2) is 30.9 Å². The highest BCUT2D eigenvalue weighted by molar-refractivity contribution is 6.32. The molecule has 0 radical (unpaired) electrons. The van der Waals surface area contributed by atoms with Gasteiger partial charge in [-0.1, -0.05) is 29.8 Å². The summed E-state index contributed by atoms with van der Waals surface area (Å²) >= 11 is 6.41. The number of aryl methyl sites for hydroxylation is 2. The van der Waals surface area contributed by atoms with Gasteiger partial charge in [-0.15, -0.1) is 10.2 Å². The zero-order chi connectivity index (χ0) is 14.8. The average Bonchev–Trinajstić information content (AvgIpc) is 3.02. The molecule has 0 bridgehead atoms. The molecule has 1 aromatic carbocycles. The SMILES string of the molecule is Cc1nn(-c2ccccc2)c(Cl)c1/C=N/n1cnnc1C. The molecule has 6 nitrogen and oxygen atoms in total. The van der Waals surface area contributed by atoms with E-state index in [0.717, 1.165) is 16.9 Å². The molecule has 2 aromatic heterocycles. The van der Waals surface area contributed by atoms with E-state index in [2.05, 4.69) is 20.4 Å². The normalized spacial score (nSPS) is 11.4.